The summed E-state index contributed by atoms with van der Waals surface area (Å²) >= 11 is 0. The van der Waals surface area contributed by atoms with Crippen molar-refractivity contribution in [3.63, 3.8) is 0 Å². The van der Waals surface area contributed by atoms with E-state index >= 15 is 0 Å². The first kappa shape index (κ1) is 19.7. The number of hydrogen-bond donors (Lipinski definition) is 3. The Labute approximate surface area is 151 Å². The van der Waals surface area contributed by atoms with Crippen molar-refractivity contribution in [1.82, 2.24) is 5.32 Å². The molecule has 3 N–H and O–H groups in total. The number of aliphatic hydroxyl groups is 1. The van der Waals surface area contributed by atoms with Crippen molar-refractivity contribution >= 4 is 11.7 Å². The van der Waals surface area contributed by atoms with Crippen LogP contribution in [0.15, 0.2) is 42.5 Å². The van der Waals surface area contributed by atoms with Gasteiger partial charge in [-0.3, -0.25) is 0 Å². The summed E-state index contributed by atoms with van der Waals surface area (Å²) < 4.78 is 31.8. The quantitative estimate of drug-likeness (QED) is 0.699. The van der Waals surface area contributed by atoms with E-state index in [1.165, 1.54) is 6.07 Å². The van der Waals surface area contributed by atoms with Crippen LogP contribution >= 0.6 is 0 Å². The summed E-state index contributed by atoms with van der Waals surface area (Å²) in [5.74, 6) is -1.17. The van der Waals surface area contributed by atoms with Gasteiger partial charge in [0, 0.05) is 6.54 Å². The molecule has 2 amide bonds. The molecule has 0 heterocycles. The molecule has 0 aliphatic rings. The van der Waals surface area contributed by atoms with Gasteiger partial charge in [-0.2, -0.15) is 0 Å². The lowest BCUT2D eigenvalue weighted by molar-refractivity contribution is 0.174. The zero-order valence-corrected chi connectivity index (χ0v) is 14.6. The zero-order valence-electron chi connectivity index (χ0n) is 14.6. The third kappa shape index (κ3) is 5.70. The van der Waals surface area contributed by atoms with Crippen LogP contribution in [-0.2, 0) is 0 Å². The number of aliphatic hydroxyl groups excluding tert-OH is 1. The van der Waals surface area contributed by atoms with E-state index in [1.807, 2.05) is 13.8 Å². The highest BCUT2D eigenvalue weighted by Crippen LogP contribution is 2.24. The number of rotatable bonds is 7. The van der Waals surface area contributed by atoms with E-state index in [0.29, 0.717) is 24.0 Å². The molecule has 2 rings (SSSR count). The summed E-state index contributed by atoms with van der Waals surface area (Å²) in [6.07, 6.45) is -1.16. The van der Waals surface area contributed by atoms with Gasteiger partial charge in [-0.05, 0) is 35.7 Å². The molecule has 0 saturated heterocycles. The van der Waals surface area contributed by atoms with Crippen LogP contribution in [0.2, 0.25) is 0 Å². The zero-order chi connectivity index (χ0) is 19.1. The van der Waals surface area contributed by atoms with Crippen LogP contribution < -0.4 is 15.4 Å². The molecule has 1 atom stereocenters. The average molecular weight is 364 g/mol. The van der Waals surface area contributed by atoms with Crippen molar-refractivity contribution in [3.8, 4) is 5.75 Å². The number of amides is 2. The second kappa shape index (κ2) is 9.15. The Morgan fingerprint density at radius 1 is 1.15 bits per heavy atom. The Bertz CT molecular complexity index is 753. The van der Waals surface area contributed by atoms with E-state index in [2.05, 4.69) is 10.6 Å². The van der Waals surface area contributed by atoms with Crippen molar-refractivity contribution in [1.29, 1.82) is 0 Å². The lowest BCUT2D eigenvalue weighted by Crippen LogP contribution is -2.32. The van der Waals surface area contributed by atoms with Gasteiger partial charge >= 0.3 is 6.03 Å². The predicted molar refractivity (Wildman–Crippen MR) is 95.1 cm³/mol. The predicted octanol–water partition coefficient (Wildman–Crippen LogP) is 3.85. The van der Waals surface area contributed by atoms with E-state index in [1.54, 1.807) is 24.3 Å². The molecule has 2 aromatic rings. The van der Waals surface area contributed by atoms with Gasteiger partial charge in [-0.1, -0.05) is 32.0 Å². The van der Waals surface area contributed by atoms with Gasteiger partial charge < -0.3 is 20.5 Å². The summed E-state index contributed by atoms with van der Waals surface area (Å²) in [4.78, 5) is 12.0. The first-order valence-corrected chi connectivity index (χ1v) is 8.26. The van der Waals surface area contributed by atoms with Crippen LogP contribution in [0.5, 0.6) is 5.75 Å². The van der Waals surface area contributed by atoms with Crippen LogP contribution in [0.3, 0.4) is 0 Å². The molecule has 0 aliphatic heterocycles. The summed E-state index contributed by atoms with van der Waals surface area (Å²) in [6, 6.07) is 9.53. The molecule has 5 nitrogen and oxygen atoms in total. The fraction of sp³-hybridized carbons (Fsp3) is 0.316. The summed E-state index contributed by atoms with van der Waals surface area (Å²) in [5.41, 5.74) is 0.665. The van der Waals surface area contributed by atoms with Crippen LogP contribution in [0.4, 0.5) is 19.3 Å². The number of ether oxygens (including phenoxy) is 1. The summed E-state index contributed by atoms with van der Waals surface area (Å²) in [5, 5.41) is 15.1. The van der Waals surface area contributed by atoms with Crippen LogP contribution in [0, 0.1) is 17.6 Å². The minimum absolute atomic E-state index is 0.161. The Hall–Kier alpha value is -2.67. The molecule has 0 bridgehead atoms. The molecule has 7 heteroatoms. The van der Waals surface area contributed by atoms with E-state index < -0.39 is 23.8 Å². The molecule has 0 aliphatic carbocycles. The number of carbonyl (C=O) groups excluding carboxylic acids is 1. The molecule has 0 fully saturated rings. The topological polar surface area (TPSA) is 70.6 Å². The number of urea groups is 1. The standard InChI is InChI=1S/C19H22F2N2O3/c1-12(2)11-26-18-6-4-3-5-16(18)23-19(25)22-10-17(24)13-7-8-14(20)15(21)9-13/h3-9,12,17,24H,10-11H2,1-2H3,(H2,22,23,25). The largest absolute Gasteiger partial charge is 0.491 e. The Morgan fingerprint density at radius 3 is 2.58 bits per heavy atom. The number of halogens is 2. The molecule has 26 heavy (non-hydrogen) atoms. The summed E-state index contributed by atoms with van der Waals surface area (Å²) in [7, 11) is 0. The van der Waals surface area contributed by atoms with E-state index in [-0.39, 0.29) is 12.1 Å². The third-order valence-electron chi connectivity index (χ3n) is 3.49. The molecular weight excluding hydrogens is 342 g/mol. The van der Waals surface area contributed by atoms with Crippen molar-refractivity contribution < 1.29 is 23.4 Å². The van der Waals surface area contributed by atoms with Gasteiger partial charge in [0.05, 0.1) is 18.4 Å². The maximum absolute atomic E-state index is 13.2. The van der Waals surface area contributed by atoms with Crippen LogP contribution in [-0.4, -0.2) is 24.3 Å². The fourth-order valence-electron chi connectivity index (χ4n) is 2.15. The Kier molecular flexibility index (Phi) is 6.91. The maximum atomic E-state index is 13.2. The van der Waals surface area contributed by atoms with Gasteiger partial charge in [0.25, 0.3) is 0 Å². The number of anilines is 1. The minimum Gasteiger partial charge on any atom is -0.491 e. The van der Waals surface area contributed by atoms with Gasteiger partial charge in [0.1, 0.15) is 5.75 Å². The fourth-order valence-corrected chi connectivity index (χ4v) is 2.15. The van der Waals surface area contributed by atoms with Crippen molar-refractivity contribution in [2.45, 2.75) is 20.0 Å². The number of hydrogen-bond acceptors (Lipinski definition) is 3. The van der Waals surface area contributed by atoms with E-state index in [9.17, 15) is 18.7 Å². The summed E-state index contributed by atoms with van der Waals surface area (Å²) in [6.45, 7) is 4.38. The Morgan fingerprint density at radius 2 is 1.88 bits per heavy atom. The highest BCUT2D eigenvalue weighted by Gasteiger charge is 2.13. The number of carbonyl (C=O) groups is 1. The third-order valence-corrected chi connectivity index (χ3v) is 3.49. The van der Waals surface area contributed by atoms with E-state index in [0.717, 1.165) is 12.1 Å². The van der Waals surface area contributed by atoms with Gasteiger partial charge in [0.15, 0.2) is 11.6 Å². The molecule has 0 aromatic heterocycles. The molecule has 0 saturated carbocycles. The molecular formula is C19H22F2N2O3. The highest BCUT2D eigenvalue weighted by molar-refractivity contribution is 5.90. The van der Waals surface area contributed by atoms with Crippen molar-refractivity contribution in [3.05, 3.63) is 59.7 Å². The van der Waals surface area contributed by atoms with Crippen molar-refractivity contribution in [2.24, 2.45) is 5.92 Å². The second-order valence-electron chi connectivity index (χ2n) is 6.23. The molecule has 0 radical (unpaired) electrons. The molecule has 2 aromatic carbocycles. The molecule has 1 unspecified atom stereocenters. The molecule has 0 spiro atoms. The monoisotopic (exact) mass is 364 g/mol. The molecule has 140 valence electrons. The van der Waals surface area contributed by atoms with E-state index in [4.69, 9.17) is 4.74 Å². The highest BCUT2D eigenvalue weighted by atomic mass is 19.2. The smallest absolute Gasteiger partial charge is 0.319 e. The van der Waals surface area contributed by atoms with Crippen LogP contribution in [0.25, 0.3) is 0 Å². The SMILES string of the molecule is CC(C)COc1ccccc1NC(=O)NCC(O)c1ccc(F)c(F)c1. The average Bonchev–Trinajstić information content (AvgIpc) is 2.61. The minimum atomic E-state index is -1.16. The van der Waals surface area contributed by atoms with Crippen molar-refractivity contribution in [2.75, 3.05) is 18.5 Å². The first-order chi connectivity index (χ1) is 12.4. The first-order valence-electron chi connectivity index (χ1n) is 8.26. The van der Waals surface area contributed by atoms with Gasteiger partial charge in [-0.15, -0.1) is 0 Å². The number of para-hydroxylation sites is 2. The number of benzene rings is 2. The number of nitrogens with one attached hydrogen (secondary N) is 2. The lowest BCUT2D eigenvalue weighted by atomic mass is 10.1. The normalized spacial score (nSPS) is 11.9. The van der Waals surface area contributed by atoms with Crippen LogP contribution in [0.1, 0.15) is 25.5 Å². The second-order valence-corrected chi connectivity index (χ2v) is 6.23. The Balaban J connectivity index is 1.91. The van der Waals surface area contributed by atoms with Gasteiger partial charge in [-0.25, -0.2) is 13.6 Å². The maximum Gasteiger partial charge on any atom is 0.319 e. The van der Waals surface area contributed by atoms with Gasteiger partial charge in [0.2, 0.25) is 0 Å². The lowest BCUT2D eigenvalue weighted by Gasteiger charge is -2.16.